The molecule has 0 saturated carbocycles. The number of hydrogen-bond acceptors (Lipinski definition) is 3. The number of piperazine rings is 1. The van der Waals surface area contributed by atoms with Crippen molar-refractivity contribution >= 4 is 39.0 Å². The predicted molar refractivity (Wildman–Crippen MR) is 92.4 cm³/mol. The van der Waals surface area contributed by atoms with E-state index in [-0.39, 0.29) is 0 Å². The van der Waals surface area contributed by atoms with Crippen molar-refractivity contribution in [3.63, 3.8) is 0 Å². The first kappa shape index (κ1) is 14.7. The molecular weight excluding hydrogens is 350 g/mol. The Morgan fingerprint density at radius 2 is 1.81 bits per heavy atom. The van der Waals surface area contributed by atoms with Crippen molar-refractivity contribution in [2.24, 2.45) is 0 Å². The molecule has 5 heteroatoms. The summed E-state index contributed by atoms with van der Waals surface area (Å²) in [5, 5.41) is 0. The number of rotatable bonds is 3. The van der Waals surface area contributed by atoms with Crippen LogP contribution >= 0.6 is 27.5 Å². The number of hydrogen-bond donors (Lipinski definition) is 0. The Bertz CT molecular complexity index is 598. The first-order valence-corrected chi connectivity index (χ1v) is 8.36. The minimum absolute atomic E-state index is 0.548. The average Bonchev–Trinajstić information content (AvgIpc) is 2.56. The van der Waals surface area contributed by atoms with Crippen molar-refractivity contribution in [3.8, 4) is 0 Å². The fourth-order valence-corrected chi connectivity index (χ4v) is 3.45. The second-order valence-corrected chi connectivity index (χ2v) is 6.20. The molecule has 21 heavy (non-hydrogen) atoms. The Morgan fingerprint density at radius 3 is 2.43 bits per heavy atom. The van der Waals surface area contributed by atoms with E-state index < -0.39 is 0 Å². The van der Waals surface area contributed by atoms with E-state index in [0.717, 1.165) is 42.0 Å². The summed E-state index contributed by atoms with van der Waals surface area (Å²) in [6.07, 6.45) is 1.85. The molecule has 0 bridgehead atoms. The van der Waals surface area contributed by atoms with Gasteiger partial charge >= 0.3 is 0 Å². The zero-order chi connectivity index (χ0) is 14.7. The summed E-state index contributed by atoms with van der Waals surface area (Å²) in [5.41, 5.74) is 2.38. The van der Waals surface area contributed by atoms with Gasteiger partial charge in [-0.2, -0.15) is 0 Å². The van der Waals surface area contributed by atoms with Crippen molar-refractivity contribution in [2.45, 2.75) is 5.88 Å². The molecule has 110 valence electrons. The van der Waals surface area contributed by atoms with E-state index >= 15 is 0 Å². The molecule has 0 aliphatic carbocycles. The zero-order valence-corrected chi connectivity index (χ0v) is 14.0. The van der Waals surface area contributed by atoms with Crippen LogP contribution in [0.1, 0.15) is 5.56 Å². The molecule has 1 fully saturated rings. The normalized spacial score (nSPS) is 15.3. The lowest BCUT2D eigenvalue weighted by molar-refractivity contribution is 0.646. The molecule has 2 aromatic rings. The predicted octanol–water partition coefficient (Wildman–Crippen LogP) is 3.91. The SMILES string of the molecule is ClCc1ccc(N2CCN(c3ccccn3)CC2)c(Br)c1. The van der Waals surface area contributed by atoms with E-state index in [9.17, 15) is 0 Å². The largest absolute Gasteiger partial charge is 0.367 e. The van der Waals surface area contributed by atoms with Crippen LogP contribution in [-0.2, 0) is 5.88 Å². The summed E-state index contributed by atoms with van der Waals surface area (Å²) in [6, 6.07) is 12.4. The maximum absolute atomic E-state index is 5.88. The smallest absolute Gasteiger partial charge is 0.128 e. The molecule has 0 spiro atoms. The lowest BCUT2D eigenvalue weighted by Gasteiger charge is -2.37. The van der Waals surface area contributed by atoms with E-state index in [1.165, 1.54) is 5.69 Å². The van der Waals surface area contributed by atoms with Gasteiger partial charge in [-0.15, -0.1) is 11.6 Å². The molecule has 0 radical (unpaired) electrons. The standard InChI is InChI=1S/C16H17BrClN3/c17-14-11-13(12-18)4-5-15(14)20-7-9-21(10-8-20)16-3-1-2-6-19-16/h1-6,11H,7-10,12H2. The molecule has 0 atom stereocenters. The Labute approximate surface area is 138 Å². The van der Waals surface area contributed by atoms with Gasteiger partial charge in [-0.3, -0.25) is 0 Å². The molecule has 0 unspecified atom stereocenters. The maximum atomic E-state index is 5.88. The van der Waals surface area contributed by atoms with Gasteiger partial charge in [0.1, 0.15) is 5.82 Å². The Morgan fingerprint density at radius 1 is 1.05 bits per heavy atom. The number of aromatic nitrogens is 1. The number of nitrogens with zero attached hydrogens (tertiary/aromatic N) is 3. The third kappa shape index (κ3) is 3.33. The van der Waals surface area contributed by atoms with Crippen LogP contribution in [-0.4, -0.2) is 31.2 Å². The molecule has 1 aliphatic heterocycles. The summed E-state index contributed by atoms with van der Waals surface area (Å²) >= 11 is 9.53. The van der Waals surface area contributed by atoms with Crippen LogP contribution in [0.5, 0.6) is 0 Å². The van der Waals surface area contributed by atoms with Gasteiger partial charge in [0.05, 0.1) is 5.69 Å². The van der Waals surface area contributed by atoms with Crippen LogP contribution in [0.2, 0.25) is 0 Å². The molecular formula is C16H17BrClN3. The van der Waals surface area contributed by atoms with Crippen LogP contribution in [0.15, 0.2) is 47.1 Å². The highest BCUT2D eigenvalue weighted by atomic mass is 79.9. The number of halogens is 2. The number of pyridine rings is 1. The van der Waals surface area contributed by atoms with Crippen LogP contribution in [0.4, 0.5) is 11.5 Å². The summed E-state index contributed by atoms with van der Waals surface area (Å²) in [5.74, 6) is 1.61. The third-order valence-corrected chi connectivity index (χ3v) is 4.70. The van der Waals surface area contributed by atoms with Crippen LogP contribution in [0.3, 0.4) is 0 Å². The highest BCUT2D eigenvalue weighted by Crippen LogP contribution is 2.29. The zero-order valence-electron chi connectivity index (χ0n) is 11.7. The van der Waals surface area contributed by atoms with Gasteiger partial charge in [-0.05, 0) is 45.8 Å². The number of alkyl halides is 1. The monoisotopic (exact) mass is 365 g/mol. The Kier molecular flexibility index (Phi) is 4.66. The minimum atomic E-state index is 0.548. The fraction of sp³-hybridized carbons (Fsp3) is 0.312. The molecule has 1 saturated heterocycles. The summed E-state index contributed by atoms with van der Waals surface area (Å²) in [4.78, 5) is 9.16. The van der Waals surface area contributed by atoms with E-state index in [0.29, 0.717) is 5.88 Å². The lowest BCUT2D eigenvalue weighted by atomic mass is 10.2. The quantitative estimate of drug-likeness (QED) is 0.768. The average molecular weight is 367 g/mol. The van der Waals surface area contributed by atoms with E-state index in [1.807, 2.05) is 18.3 Å². The fourth-order valence-electron chi connectivity index (χ4n) is 2.61. The van der Waals surface area contributed by atoms with E-state index in [2.05, 4.69) is 55.0 Å². The molecule has 0 amide bonds. The first-order valence-electron chi connectivity index (χ1n) is 7.03. The second kappa shape index (κ2) is 6.67. The molecule has 1 aromatic carbocycles. The van der Waals surface area contributed by atoms with Crippen molar-refractivity contribution in [1.29, 1.82) is 0 Å². The van der Waals surface area contributed by atoms with Gasteiger partial charge in [-0.1, -0.05) is 12.1 Å². The molecule has 2 heterocycles. The van der Waals surface area contributed by atoms with Crippen LogP contribution in [0.25, 0.3) is 0 Å². The van der Waals surface area contributed by atoms with Crippen molar-refractivity contribution in [1.82, 2.24) is 4.98 Å². The van der Waals surface area contributed by atoms with Crippen LogP contribution < -0.4 is 9.80 Å². The Hall–Kier alpha value is -1.26. The third-order valence-electron chi connectivity index (χ3n) is 3.76. The number of anilines is 2. The maximum Gasteiger partial charge on any atom is 0.128 e. The summed E-state index contributed by atoms with van der Waals surface area (Å²) in [6.45, 7) is 3.96. The van der Waals surface area contributed by atoms with Crippen molar-refractivity contribution in [2.75, 3.05) is 36.0 Å². The minimum Gasteiger partial charge on any atom is -0.367 e. The lowest BCUT2D eigenvalue weighted by Crippen LogP contribution is -2.46. The highest BCUT2D eigenvalue weighted by molar-refractivity contribution is 9.10. The number of benzene rings is 1. The highest BCUT2D eigenvalue weighted by Gasteiger charge is 2.19. The molecule has 1 aliphatic rings. The van der Waals surface area contributed by atoms with Gasteiger partial charge in [-0.25, -0.2) is 4.98 Å². The summed E-state index contributed by atoms with van der Waals surface area (Å²) < 4.78 is 1.12. The summed E-state index contributed by atoms with van der Waals surface area (Å²) in [7, 11) is 0. The van der Waals surface area contributed by atoms with Crippen molar-refractivity contribution in [3.05, 3.63) is 52.6 Å². The van der Waals surface area contributed by atoms with Crippen LogP contribution in [0, 0.1) is 0 Å². The van der Waals surface area contributed by atoms with E-state index in [1.54, 1.807) is 0 Å². The van der Waals surface area contributed by atoms with Gasteiger partial charge in [0, 0.05) is 42.7 Å². The first-order chi connectivity index (χ1) is 10.3. The molecule has 0 N–H and O–H groups in total. The second-order valence-electron chi connectivity index (χ2n) is 5.08. The Balaban J connectivity index is 1.68. The molecule has 1 aromatic heterocycles. The topological polar surface area (TPSA) is 19.4 Å². The van der Waals surface area contributed by atoms with Gasteiger partial charge in [0.15, 0.2) is 0 Å². The van der Waals surface area contributed by atoms with Gasteiger partial charge < -0.3 is 9.80 Å². The van der Waals surface area contributed by atoms with Crippen molar-refractivity contribution < 1.29 is 0 Å². The molecule has 3 nitrogen and oxygen atoms in total. The van der Waals surface area contributed by atoms with Gasteiger partial charge in [0.2, 0.25) is 0 Å². The van der Waals surface area contributed by atoms with Gasteiger partial charge in [0.25, 0.3) is 0 Å². The molecule has 3 rings (SSSR count). The van der Waals surface area contributed by atoms with E-state index in [4.69, 9.17) is 11.6 Å².